The van der Waals surface area contributed by atoms with Crippen LogP contribution in [-0.4, -0.2) is 46.0 Å². The van der Waals surface area contributed by atoms with Crippen molar-refractivity contribution in [2.75, 3.05) is 18.5 Å². The number of rotatable bonds is 7. The number of carboxylic acids is 1. The smallest absolute Gasteiger partial charge is 0.412 e. The molecule has 0 saturated heterocycles. The van der Waals surface area contributed by atoms with Crippen LogP contribution in [0.4, 0.5) is 10.6 Å². The molecule has 0 bridgehead atoms. The van der Waals surface area contributed by atoms with Gasteiger partial charge in [0.2, 0.25) is 0 Å². The normalized spacial score (nSPS) is 15.2. The molecule has 0 spiro atoms. The molecule has 0 atom stereocenters. The second-order valence-corrected chi connectivity index (χ2v) is 8.76. The van der Waals surface area contributed by atoms with Crippen molar-refractivity contribution in [2.24, 2.45) is 12.5 Å². The van der Waals surface area contributed by atoms with Gasteiger partial charge in [0.25, 0.3) is 5.91 Å². The summed E-state index contributed by atoms with van der Waals surface area (Å²) >= 11 is 0. The predicted molar refractivity (Wildman–Crippen MR) is 124 cm³/mol. The van der Waals surface area contributed by atoms with Crippen LogP contribution in [0.25, 0.3) is 11.1 Å². The van der Waals surface area contributed by atoms with Gasteiger partial charge in [0.15, 0.2) is 5.82 Å². The predicted octanol–water partition coefficient (Wildman–Crippen LogP) is 3.38. The molecule has 1 saturated carbocycles. The molecule has 9 heteroatoms. The molecule has 2 aliphatic rings. The Morgan fingerprint density at radius 2 is 1.71 bits per heavy atom. The van der Waals surface area contributed by atoms with Gasteiger partial charge in [-0.3, -0.25) is 19.6 Å². The van der Waals surface area contributed by atoms with E-state index in [-0.39, 0.29) is 30.6 Å². The van der Waals surface area contributed by atoms with E-state index in [2.05, 4.69) is 27.9 Å². The Balaban J connectivity index is 1.21. The number of amides is 2. The minimum Gasteiger partial charge on any atom is -0.481 e. The molecule has 34 heavy (non-hydrogen) atoms. The van der Waals surface area contributed by atoms with E-state index in [1.807, 2.05) is 36.4 Å². The Hall–Kier alpha value is -4.14. The third kappa shape index (κ3) is 3.89. The SMILES string of the molecule is Cn1nc(NC(=O)OCC2c3ccccc3-c3ccccc32)cc1C(=O)NCC1(C(=O)O)CC1. The summed E-state index contributed by atoms with van der Waals surface area (Å²) in [5.74, 6) is -1.25. The lowest BCUT2D eigenvalue weighted by Crippen LogP contribution is -2.35. The van der Waals surface area contributed by atoms with Gasteiger partial charge in [-0.15, -0.1) is 0 Å². The van der Waals surface area contributed by atoms with Gasteiger partial charge < -0.3 is 15.2 Å². The third-order valence-electron chi connectivity index (χ3n) is 6.58. The number of fused-ring (bicyclic) bond motifs is 3. The summed E-state index contributed by atoms with van der Waals surface area (Å²) in [5.41, 5.74) is 3.85. The molecular formula is C25H24N4O5. The standard InChI is InChI=1S/C25H24N4O5/c1-29-20(22(30)26-14-25(10-11-25)23(31)32)12-21(28-29)27-24(33)34-13-19-17-8-4-2-6-15(17)16-7-3-5-9-18(16)19/h2-9,12,19H,10-11,13-14H2,1H3,(H,26,30)(H,31,32)(H,27,28,33). The molecule has 2 aliphatic carbocycles. The van der Waals surface area contributed by atoms with Crippen LogP contribution < -0.4 is 10.6 Å². The fourth-order valence-electron chi connectivity index (χ4n) is 4.44. The second kappa shape index (κ2) is 8.33. The molecule has 1 heterocycles. The monoisotopic (exact) mass is 460 g/mol. The van der Waals surface area contributed by atoms with E-state index in [9.17, 15) is 19.5 Å². The second-order valence-electron chi connectivity index (χ2n) is 8.76. The lowest BCUT2D eigenvalue weighted by atomic mass is 9.98. The maximum atomic E-state index is 12.5. The molecule has 5 rings (SSSR count). The molecule has 2 amide bonds. The number of carbonyl (C=O) groups is 3. The van der Waals surface area contributed by atoms with Crippen molar-refractivity contribution in [1.82, 2.24) is 15.1 Å². The van der Waals surface area contributed by atoms with Crippen LogP contribution in [0.3, 0.4) is 0 Å². The zero-order valence-corrected chi connectivity index (χ0v) is 18.6. The average molecular weight is 460 g/mol. The number of aromatic nitrogens is 2. The van der Waals surface area contributed by atoms with Crippen molar-refractivity contribution >= 4 is 23.8 Å². The Kier molecular flexibility index (Phi) is 5.31. The van der Waals surface area contributed by atoms with Crippen LogP contribution in [-0.2, 0) is 16.6 Å². The van der Waals surface area contributed by atoms with Crippen LogP contribution in [0, 0.1) is 5.41 Å². The van der Waals surface area contributed by atoms with Crippen molar-refractivity contribution in [3.8, 4) is 11.1 Å². The lowest BCUT2D eigenvalue weighted by Gasteiger charge is -2.14. The number of hydrogen-bond acceptors (Lipinski definition) is 5. The zero-order chi connectivity index (χ0) is 23.9. The van der Waals surface area contributed by atoms with Gasteiger partial charge >= 0.3 is 12.1 Å². The number of aliphatic carboxylic acids is 1. The molecule has 1 aromatic heterocycles. The number of anilines is 1. The van der Waals surface area contributed by atoms with Crippen molar-refractivity contribution in [3.05, 3.63) is 71.4 Å². The van der Waals surface area contributed by atoms with Crippen molar-refractivity contribution in [3.63, 3.8) is 0 Å². The molecular weight excluding hydrogens is 436 g/mol. The van der Waals surface area contributed by atoms with Gasteiger partial charge in [0.1, 0.15) is 12.3 Å². The summed E-state index contributed by atoms with van der Waals surface area (Å²) in [7, 11) is 1.57. The summed E-state index contributed by atoms with van der Waals surface area (Å²) in [6.07, 6.45) is 0.417. The van der Waals surface area contributed by atoms with Crippen LogP contribution in [0.15, 0.2) is 54.6 Å². The number of hydrogen-bond donors (Lipinski definition) is 3. The molecule has 0 unspecified atom stereocenters. The minimum atomic E-state index is -0.907. The van der Waals surface area contributed by atoms with E-state index in [1.54, 1.807) is 7.05 Å². The first-order chi connectivity index (χ1) is 16.4. The van der Waals surface area contributed by atoms with Gasteiger partial charge in [-0.1, -0.05) is 48.5 Å². The quantitative estimate of drug-likeness (QED) is 0.497. The molecule has 0 aliphatic heterocycles. The van der Waals surface area contributed by atoms with Crippen LogP contribution in [0.5, 0.6) is 0 Å². The van der Waals surface area contributed by atoms with Gasteiger partial charge in [0.05, 0.1) is 5.41 Å². The van der Waals surface area contributed by atoms with E-state index < -0.39 is 23.4 Å². The molecule has 3 aromatic rings. The van der Waals surface area contributed by atoms with Crippen molar-refractivity contribution in [2.45, 2.75) is 18.8 Å². The summed E-state index contributed by atoms with van der Waals surface area (Å²) in [4.78, 5) is 36.2. The highest BCUT2D eigenvalue weighted by Gasteiger charge is 2.50. The van der Waals surface area contributed by atoms with Gasteiger partial charge in [-0.05, 0) is 35.1 Å². The lowest BCUT2D eigenvalue weighted by molar-refractivity contribution is -0.143. The number of carbonyl (C=O) groups excluding carboxylic acids is 2. The van der Waals surface area contributed by atoms with Gasteiger partial charge in [-0.25, -0.2) is 4.79 Å². The first kappa shape index (κ1) is 21.7. The van der Waals surface area contributed by atoms with Crippen LogP contribution in [0.1, 0.15) is 40.4 Å². The highest BCUT2D eigenvalue weighted by molar-refractivity contribution is 5.95. The van der Waals surface area contributed by atoms with Gasteiger partial charge in [-0.2, -0.15) is 5.10 Å². The number of nitrogens with one attached hydrogen (secondary N) is 2. The first-order valence-corrected chi connectivity index (χ1v) is 11.1. The summed E-state index contributed by atoms with van der Waals surface area (Å²) < 4.78 is 6.84. The van der Waals surface area contributed by atoms with E-state index in [1.165, 1.54) is 10.7 Å². The van der Waals surface area contributed by atoms with Crippen molar-refractivity contribution < 1.29 is 24.2 Å². The number of ether oxygens (including phenoxy) is 1. The molecule has 1 fully saturated rings. The Morgan fingerprint density at radius 3 is 2.29 bits per heavy atom. The fourth-order valence-corrected chi connectivity index (χ4v) is 4.44. The Bertz CT molecular complexity index is 1250. The average Bonchev–Trinajstić information content (AvgIpc) is 3.45. The minimum absolute atomic E-state index is 0.0570. The highest BCUT2D eigenvalue weighted by atomic mass is 16.5. The van der Waals surface area contributed by atoms with Crippen molar-refractivity contribution in [1.29, 1.82) is 0 Å². The van der Waals surface area contributed by atoms with E-state index >= 15 is 0 Å². The fraction of sp³-hybridized carbons (Fsp3) is 0.280. The summed E-state index contributed by atoms with van der Waals surface area (Å²) in [6, 6.07) is 17.6. The molecule has 2 aromatic carbocycles. The Morgan fingerprint density at radius 1 is 1.09 bits per heavy atom. The maximum Gasteiger partial charge on any atom is 0.412 e. The molecule has 9 nitrogen and oxygen atoms in total. The largest absolute Gasteiger partial charge is 0.481 e. The van der Waals surface area contributed by atoms with Crippen LogP contribution >= 0.6 is 0 Å². The number of nitrogens with zero attached hydrogens (tertiary/aromatic N) is 2. The molecule has 3 N–H and O–H groups in total. The first-order valence-electron chi connectivity index (χ1n) is 11.1. The Labute approximate surface area is 195 Å². The molecule has 174 valence electrons. The zero-order valence-electron chi connectivity index (χ0n) is 18.6. The number of carboxylic acid groups (broad SMARTS) is 1. The van der Waals surface area contributed by atoms with Crippen LogP contribution in [0.2, 0.25) is 0 Å². The van der Waals surface area contributed by atoms with Gasteiger partial charge in [0, 0.05) is 25.6 Å². The topological polar surface area (TPSA) is 123 Å². The number of aryl methyl sites for hydroxylation is 1. The summed E-state index contributed by atoms with van der Waals surface area (Å²) in [5, 5.41) is 18.6. The molecule has 0 radical (unpaired) electrons. The third-order valence-corrected chi connectivity index (χ3v) is 6.58. The van der Waals surface area contributed by atoms with E-state index in [0.29, 0.717) is 12.8 Å². The van der Waals surface area contributed by atoms with E-state index in [4.69, 9.17) is 4.74 Å². The number of benzene rings is 2. The van der Waals surface area contributed by atoms with E-state index in [0.717, 1.165) is 22.3 Å². The highest BCUT2D eigenvalue weighted by Crippen LogP contribution is 2.45. The maximum absolute atomic E-state index is 12.5. The summed E-state index contributed by atoms with van der Waals surface area (Å²) in [6.45, 7) is 0.221.